The summed E-state index contributed by atoms with van der Waals surface area (Å²) in [6.45, 7) is 3.57. The predicted molar refractivity (Wildman–Crippen MR) is 152 cm³/mol. The van der Waals surface area contributed by atoms with Crippen LogP contribution in [0.2, 0.25) is 0 Å². The largest absolute Gasteiger partial charge is 0.469 e. The number of phosphoric acid groups is 1. The van der Waals surface area contributed by atoms with Crippen molar-refractivity contribution >= 4 is 19.8 Å². The van der Waals surface area contributed by atoms with E-state index in [0.29, 0.717) is 6.42 Å². The monoisotopic (exact) mass is 562 g/mol. The van der Waals surface area contributed by atoms with E-state index < -0.39 is 32.5 Å². The molecule has 224 valence electrons. The summed E-state index contributed by atoms with van der Waals surface area (Å²) in [5, 5.41) is 0. The molecule has 0 amide bonds. The van der Waals surface area contributed by atoms with Crippen LogP contribution in [0.5, 0.6) is 0 Å². The zero-order chi connectivity index (χ0) is 28.3. The summed E-state index contributed by atoms with van der Waals surface area (Å²) >= 11 is 0. The van der Waals surface area contributed by atoms with Crippen molar-refractivity contribution in [1.82, 2.24) is 0 Å². The Bertz CT molecular complexity index is 646. The fourth-order valence-electron chi connectivity index (χ4n) is 4.00. The van der Waals surface area contributed by atoms with Crippen molar-refractivity contribution in [3.63, 3.8) is 0 Å². The lowest BCUT2D eigenvalue weighted by molar-refractivity contribution is -0.161. The van der Waals surface area contributed by atoms with E-state index in [0.717, 1.165) is 57.8 Å². The van der Waals surface area contributed by atoms with E-state index in [4.69, 9.17) is 19.3 Å². The topological polar surface area (TPSA) is 119 Å². The molecule has 0 aromatic rings. The van der Waals surface area contributed by atoms with E-state index in [1.54, 1.807) is 0 Å². The first-order chi connectivity index (χ1) is 18.3. The van der Waals surface area contributed by atoms with Crippen molar-refractivity contribution in [1.29, 1.82) is 0 Å². The minimum atomic E-state index is -4.73. The van der Waals surface area contributed by atoms with E-state index >= 15 is 0 Å². The summed E-state index contributed by atoms with van der Waals surface area (Å²) in [5.41, 5.74) is 0. The molecule has 0 aliphatic rings. The summed E-state index contributed by atoms with van der Waals surface area (Å²) in [6, 6.07) is 0. The molecule has 0 rings (SSSR count). The first kappa shape index (κ1) is 36.8. The number of allylic oxidation sites excluding steroid dienone is 2. The van der Waals surface area contributed by atoms with Crippen molar-refractivity contribution < 1.29 is 37.9 Å². The molecule has 1 atom stereocenters. The van der Waals surface area contributed by atoms with Gasteiger partial charge in [-0.05, 0) is 32.1 Å². The van der Waals surface area contributed by atoms with Gasteiger partial charge in [0.05, 0.1) is 6.61 Å². The second-order valence-electron chi connectivity index (χ2n) is 10.1. The van der Waals surface area contributed by atoms with Crippen LogP contribution in [0.4, 0.5) is 0 Å². The lowest BCUT2D eigenvalue weighted by atomic mass is 10.1. The van der Waals surface area contributed by atoms with Gasteiger partial charge in [0.25, 0.3) is 0 Å². The Balaban J connectivity index is 4.08. The van der Waals surface area contributed by atoms with Crippen LogP contribution in [0, 0.1) is 0 Å². The van der Waals surface area contributed by atoms with Gasteiger partial charge in [0.15, 0.2) is 6.10 Å². The second kappa shape index (κ2) is 26.0. The summed E-state index contributed by atoms with van der Waals surface area (Å²) in [4.78, 5) is 42.2. The Morgan fingerprint density at radius 2 is 1.13 bits per heavy atom. The highest BCUT2D eigenvalue weighted by atomic mass is 31.2. The molecule has 0 aromatic carbocycles. The Hall–Kier alpha value is -1.21. The summed E-state index contributed by atoms with van der Waals surface area (Å²) in [6.07, 6.45) is 23.7. The van der Waals surface area contributed by atoms with Crippen LogP contribution in [-0.4, -0.2) is 41.0 Å². The number of unbranched alkanes of at least 4 members (excludes halogenated alkanes) is 15. The Morgan fingerprint density at radius 3 is 1.68 bits per heavy atom. The van der Waals surface area contributed by atoms with Gasteiger partial charge in [-0.15, -0.1) is 0 Å². The van der Waals surface area contributed by atoms with Crippen molar-refractivity contribution in [3.05, 3.63) is 12.2 Å². The van der Waals surface area contributed by atoms with Crippen LogP contribution in [0.15, 0.2) is 12.2 Å². The average molecular weight is 563 g/mol. The zero-order valence-electron chi connectivity index (χ0n) is 24.1. The van der Waals surface area contributed by atoms with E-state index in [9.17, 15) is 14.2 Å². The smallest absolute Gasteiger partial charge is 0.462 e. The van der Waals surface area contributed by atoms with Crippen LogP contribution >= 0.6 is 7.82 Å². The third-order valence-corrected chi connectivity index (χ3v) is 6.77. The molecule has 0 heterocycles. The highest BCUT2D eigenvalue weighted by molar-refractivity contribution is 7.46. The normalized spacial score (nSPS) is 12.6. The van der Waals surface area contributed by atoms with Gasteiger partial charge in [-0.1, -0.05) is 109 Å². The van der Waals surface area contributed by atoms with Gasteiger partial charge in [-0.25, -0.2) is 4.57 Å². The molecule has 38 heavy (non-hydrogen) atoms. The molecule has 0 saturated heterocycles. The molecular weight excluding hydrogens is 507 g/mol. The Labute approximate surface area is 231 Å². The number of carbonyl (C=O) groups is 2. The van der Waals surface area contributed by atoms with Crippen molar-refractivity contribution in [3.8, 4) is 0 Å². The van der Waals surface area contributed by atoms with E-state index in [-0.39, 0.29) is 19.4 Å². The fourth-order valence-corrected chi connectivity index (χ4v) is 4.36. The molecule has 0 fully saturated rings. The Morgan fingerprint density at radius 1 is 0.658 bits per heavy atom. The van der Waals surface area contributed by atoms with Crippen LogP contribution in [0.1, 0.15) is 142 Å². The lowest BCUT2D eigenvalue weighted by Crippen LogP contribution is -2.29. The summed E-state index contributed by atoms with van der Waals surface area (Å²) in [5.74, 6) is -0.900. The third kappa shape index (κ3) is 27.8. The molecule has 2 N–H and O–H groups in total. The van der Waals surface area contributed by atoms with Crippen LogP contribution in [0.25, 0.3) is 0 Å². The zero-order valence-corrected chi connectivity index (χ0v) is 25.0. The van der Waals surface area contributed by atoms with Crippen molar-refractivity contribution in [2.45, 2.75) is 148 Å². The minimum absolute atomic E-state index is 0.204. The van der Waals surface area contributed by atoms with E-state index in [1.165, 1.54) is 51.4 Å². The SMILES string of the molecule is CCCC/C=C\CCCCCCCC(=O)OC(COC(=O)CCCCCCCCCCC)COP(=O)(O)O. The molecule has 0 saturated carbocycles. The molecule has 0 radical (unpaired) electrons. The Kier molecular flexibility index (Phi) is 25.2. The molecule has 9 heteroatoms. The number of hydrogen-bond donors (Lipinski definition) is 2. The predicted octanol–water partition coefficient (Wildman–Crippen LogP) is 7.95. The second-order valence-corrected chi connectivity index (χ2v) is 11.3. The first-order valence-electron chi connectivity index (χ1n) is 15.0. The summed E-state index contributed by atoms with van der Waals surface area (Å²) in [7, 11) is -4.73. The van der Waals surface area contributed by atoms with Gasteiger partial charge < -0.3 is 19.3 Å². The summed E-state index contributed by atoms with van der Waals surface area (Å²) < 4.78 is 26.0. The van der Waals surface area contributed by atoms with Crippen LogP contribution in [-0.2, 0) is 28.2 Å². The fraction of sp³-hybridized carbons (Fsp3) is 0.862. The van der Waals surface area contributed by atoms with Crippen LogP contribution < -0.4 is 0 Å². The van der Waals surface area contributed by atoms with Crippen LogP contribution in [0.3, 0.4) is 0 Å². The maximum atomic E-state index is 12.2. The van der Waals surface area contributed by atoms with Crippen molar-refractivity contribution in [2.75, 3.05) is 13.2 Å². The van der Waals surface area contributed by atoms with Gasteiger partial charge in [-0.3, -0.25) is 14.1 Å². The van der Waals surface area contributed by atoms with Gasteiger partial charge in [-0.2, -0.15) is 0 Å². The van der Waals surface area contributed by atoms with E-state index in [1.807, 2.05) is 0 Å². The van der Waals surface area contributed by atoms with E-state index in [2.05, 4.69) is 30.5 Å². The number of esters is 2. The average Bonchev–Trinajstić information content (AvgIpc) is 2.87. The van der Waals surface area contributed by atoms with Crippen molar-refractivity contribution in [2.24, 2.45) is 0 Å². The minimum Gasteiger partial charge on any atom is -0.462 e. The quantitative estimate of drug-likeness (QED) is 0.0448. The molecule has 8 nitrogen and oxygen atoms in total. The number of ether oxygens (including phenoxy) is 2. The van der Waals surface area contributed by atoms with Gasteiger partial charge in [0.2, 0.25) is 0 Å². The molecule has 0 aliphatic carbocycles. The third-order valence-electron chi connectivity index (χ3n) is 6.28. The highest BCUT2D eigenvalue weighted by Gasteiger charge is 2.22. The molecule has 0 spiro atoms. The van der Waals surface area contributed by atoms with Gasteiger partial charge in [0.1, 0.15) is 6.61 Å². The number of carbonyl (C=O) groups excluding carboxylic acids is 2. The molecular formula is C29H55O8P. The molecule has 0 aliphatic heterocycles. The lowest BCUT2D eigenvalue weighted by Gasteiger charge is -2.18. The highest BCUT2D eigenvalue weighted by Crippen LogP contribution is 2.35. The maximum Gasteiger partial charge on any atom is 0.469 e. The van der Waals surface area contributed by atoms with Gasteiger partial charge >= 0.3 is 19.8 Å². The molecule has 1 unspecified atom stereocenters. The first-order valence-corrected chi connectivity index (χ1v) is 16.5. The number of phosphoric ester groups is 1. The molecule has 0 bridgehead atoms. The molecule has 0 aromatic heterocycles. The van der Waals surface area contributed by atoms with Gasteiger partial charge in [0, 0.05) is 12.8 Å². The standard InChI is InChI=1S/C29H55O8P/c1-3-5-7-9-11-13-14-16-18-20-22-24-29(31)37-27(26-36-38(32,33)34)25-35-28(30)23-21-19-17-15-12-10-8-6-4-2/h9,11,27H,3-8,10,12-26H2,1-2H3,(H2,32,33,34)/b11-9-. The maximum absolute atomic E-state index is 12.2. The number of rotatable bonds is 27. The number of hydrogen-bond acceptors (Lipinski definition) is 6.